The molecule has 0 radical (unpaired) electrons. The Balaban J connectivity index is 1.50. The molecule has 1 aliphatic heterocycles. The minimum absolute atomic E-state index is 0.0411. The summed E-state index contributed by atoms with van der Waals surface area (Å²) in [5.74, 6) is -3.04. The van der Waals surface area contributed by atoms with E-state index in [0.717, 1.165) is 0 Å². The molecule has 0 bridgehead atoms. The Morgan fingerprint density at radius 3 is 1.38 bits per heavy atom. The molecule has 12 heteroatoms. The predicted octanol–water partition coefficient (Wildman–Crippen LogP) is 5.31. The highest BCUT2D eigenvalue weighted by Gasteiger charge is 2.53. The maximum absolute atomic E-state index is 13.7. The van der Waals surface area contributed by atoms with Crippen LogP contribution in [0.2, 0.25) is 0 Å². The summed E-state index contributed by atoms with van der Waals surface area (Å²) in [7, 11) is 0. The fourth-order valence-electron chi connectivity index (χ4n) is 5.25. The third-order valence-corrected chi connectivity index (χ3v) is 7.82. The lowest BCUT2D eigenvalue weighted by molar-refractivity contribution is -0.299. The molecule has 12 nitrogen and oxygen atoms in total. The van der Waals surface area contributed by atoms with Crippen molar-refractivity contribution in [3.05, 3.63) is 144 Å². The molecule has 0 saturated carbocycles. The van der Waals surface area contributed by atoms with E-state index in [1.165, 1.54) is 0 Å². The molecule has 52 heavy (non-hydrogen) atoms. The van der Waals surface area contributed by atoms with E-state index >= 15 is 0 Å². The summed E-state index contributed by atoms with van der Waals surface area (Å²) in [4.78, 5) is 53.8. The van der Waals surface area contributed by atoms with E-state index in [1.807, 2.05) is 6.92 Å². The molecule has 0 aromatic heterocycles. The van der Waals surface area contributed by atoms with Crippen molar-refractivity contribution in [1.82, 2.24) is 0 Å². The number of carbonyl (C=O) groups is 4. The van der Waals surface area contributed by atoms with Crippen LogP contribution in [0.1, 0.15) is 48.4 Å². The van der Waals surface area contributed by atoms with Crippen molar-refractivity contribution in [2.45, 2.75) is 37.6 Å². The molecule has 4 aromatic rings. The lowest BCUT2D eigenvalue weighted by Crippen LogP contribution is -2.63. The Morgan fingerprint density at radius 2 is 0.904 bits per heavy atom. The van der Waals surface area contributed by atoms with Crippen LogP contribution in [-0.2, 0) is 37.9 Å². The zero-order chi connectivity index (χ0) is 36.5. The first-order valence-corrected chi connectivity index (χ1v) is 16.9. The van der Waals surface area contributed by atoms with Crippen LogP contribution in [0.25, 0.3) is 0 Å². The zero-order valence-electron chi connectivity index (χ0n) is 28.6. The van der Waals surface area contributed by atoms with Gasteiger partial charge in [0.05, 0.1) is 48.7 Å². The van der Waals surface area contributed by atoms with Gasteiger partial charge in [0.2, 0.25) is 0 Å². The molecule has 272 valence electrons. The predicted molar refractivity (Wildman–Crippen MR) is 186 cm³/mol. The van der Waals surface area contributed by atoms with Gasteiger partial charge in [0.15, 0.2) is 24.6 Å². The average molecular weight is 713 g/mol. The molecule has 1 fully saturated rings. The molecule has 0 amide bonds. The number of rotatable bonds is 17. The second-order valence-electron chi connectivity index (χ2n) is 11.4. The Morgan fingerprint density at radius 1 is 0.500 bits per heavy atom. The number of hydrogen-bond donors (Lipinski definition) is 0. The van der Waals surface area contributed by atoms with Crippen molar-refractivity contribution in [2.75, 3.05) is 39.6 Å². The lowest BCUT2D eigenvalue weighted by Gasteiger charge is -2.44. The summed E-state index contributed by atoms with van der Waals surface area (Å²) in [5, 5.41) is 0. The van der Waals surface area contributed by atoms with Gasteiger partial charge in [-0.2, -0.15) is 0 Å². The van der Waals surface area contributed by atoms with Crippen molar-refractivity contribution in [1.29, 1.82) is 0 Å². The van der Waals surface area contributed by atoms with Gasteiger partial charge in [-0.15, -0.1) is 0 Å². The van der Waals surface area contributed by atoms with Gasteiger partial charge in [-0.25, -0.2) is 19.2 Å². The molecular formula is C40H40O12. The molecule has 0 spiro atoms. The molecule has 0 N–H and O–H groups in total. The number of benzene rings is 4. The number of ether oxygens (including phenoxy) is 8. The minimum Gasteiger partial charge on any atom is -0.459 e. The summed E-state index contributed by atoms with van der Waals surface area (Å²) in [6.45, 7) is 2.72. The minimum atomic E-state index is -1.51. The van der Waals surface area contributed by atoms with Crippen LogP contribution < -0.4 is 0 Å². The third-order valence-electron chi connectivity index (χ3n) is 7.82. The van der Waals surface area contributed by atoms with E-state index < -0.39 is 61.2 Å². The lowest BCUT2D eigenvalue weighted by atomic mass is 9.97. The highest BCUT2D eigenvalue weighted by Crippen LogP contribution is 2.32. The summed E-state index contributed by atoms with van der Waals surface area (Å²) < 4.78 is 47.0. The Hall–Kier alpha value is -5.40. The van der Waals surface area contributed by atoms with Gasteiger partial charge in [-0.1, -0.05) is 72.8 Å². The first-order valence-electron chi connectivity index (χ1n) is 16.9. The van der Waals surface area contributed by atoms with E-state index in [2.05, 4.69) is 0 Å². The van der Waals surface area contributed by atoms with Crippen molar-refractivity contribution < 1.29 is 57.1 Å². The maximum Gasteiger partial charge on any atom is 0.338 e. The van der Waals surface area contributed by atoms with Crippen LogP contribution in [0.15, 0.2) is 121 Å². The average Bonchev–Trinajstić information content (AvgIpc) is 3.19. The fourth-order valence-corrected chi connectivity index (χ4v) is 5.25. The molecule has 1 heterocycles. The van der Waals surface area contributed by atoms with Crippen molar-refractivity contribution in [2.24, 2.45) is 0 Å². The summed E-state index contributed by atoms with van der Waals surface area (Å²) in [5.41, 5.74) is 0.846. The van der Waals surface area contributed by atoms with E-state index in [9.17, 15) is 19.2 Å². The largest absolute Gasteiger partial charge is 0.459 e. The van der Waals surface area contributed by atoms with E-state index in [0.29, 0.717) is 19.8 Å². The first kappa shape index (κ1) is 37.8. The normalized spacial score (nSPS) is 19.6. The standard InChI is InChI=1S/C40H40O12/c1-2-45-23-24-46-25-26-47-40-35(52-39(44)31-21-13-6-14-22-31)34(51-38(43)30-19-11-5-12-20-30)33(50-37(42)29-17-9-4-10-18-29)32(49-40)27-48-36(41)28-15-7-3-8-16-28/h3-22,32-35,40H,2,23-27H2,1H3/t32?,33-,34?,35?,40+/m1/s1. The topological polar surface area (TPSA) is 142 Å². The maximum atomic E-state index is 13.7. The molecule has 5 rings (SSSR count). The Labute approximate surface area is 301 Å². The SMILES string of the molecule is CCOCCOCCO[C@H]1OC(COC(=O)c2ccccc2)[C@@H](OC(=O)c2ccccc2)C(OC(=O)c2ccccc2)C1OC(=O)c1ccccc1. The fraction of sp³-hybridized carbons (Fsp3) is 0.300. The number of hydrogen-bond acceptors (Lipinski definition) is 12. The van der Waals surface area contributed by atoms with Gasteiger partial charge in [0.25, 0.3) is 0 Å². The van der Waals surface area contributed by atoms with Crippen LogP contribution in [0.5, 0.6) is 0 Å². The van der Waals surface area contributed by atoms with Crippen LogP contribution >= 0.6 is 0 Å². The van der Waals surface area contributed by atoms with Gasteiger partial charge in [0, 0.05) is 6.61 Å². The van der Waals surface area contributed by atoms with Crippen LogP contribution in [-0.4, -0.2) is 94.2 Å². The van der Waals surface area contributed by atoms with E-state index in [4.69, 9.17) is 37.9 Å². The summed E-state index contributed by atoms with van der Waals surface area (Å²) in [6, 6.07) is 32.7. The zero-order valence-corrected chi connectivity index (χ0v) is 28.6. The molecule has 4 aromatic carbocycles. The van der Waals surface area contributed by atoms with Crippen LogP contribution in [0, 0.1) is 0 Å². The highest BCUT2D eigenvalue weighted by molar-refractivity contribution is 5.91. The molecule has 5 atom stereocenters. The van der Waals surface area contributed by atoms with Crippen LogP contribution in [0.4, 0.5) is 0 Å². The van der Waals surface area contributed by atoms with Gasteiger partial charge in [0.1, 0.15) is 12.7 Å². The van der Waals surface area contributed by atoms with Crippen molar-refractivity contribution in [3.63, 3.8) is 0 Å². The summed E-state index contributed by atoms with van der Waals surface area (Å²) >= 11 is 0. The molecule has 3 unspecified atom stereocenters. The molecule has 0 aliphatic carbocycles. The number of carbonyl (C=O) groups excluding carboxylic acids is 4. The second kappa shape index (κ2) is 19.8. The number of esters is 4. The Bertz CT molecular complexity index is 1700. The van der Waals surface area contributed by atoms with Gasteiger partial charge in [-0.05, 0) is 55.5 Å². The third kappa shape index (κ3) is 10.8. The first-order chi connectivity index (χ1) is 25.4. The van der Waals surface area contributed by atoms with Gasteiger partial charge >= 0.3 is 23.9 Å². The van der Waals surface area contributed by atoms with Gasteiger partial charge in [-0.3, -0.25) is 0 Å². The van der Waals surface area contributed by atoms with Gasteiger partial charge < -0.3 is 37.9 Å². The van der Waals surface area contributed by atoms with Crippen molar-refractivity contribution >= 4 is 23.9 Å². The smallest absolute Gasteiger partial charge is 0.338 e. The van der Waals surface area contributed by atoms with Crippen molar-refractivity contribution in [3.8, 4) is 0 Å². The highest BCUT2D eigenvalue weighted by atomic mass is 16.7. The monoisotopic (exact) mass is 712 g/mol. The molecule has 1 aliphatic rings. The molecular weight excluding hydrogens is 672 g/mol. The Kier molecular flexibility index (Phi) is 14.4. The van der Waals surface area contributed by atoms with E-state index in [-0.39, 0.29) is 35.5 Å². The van der Waals surface area contributed by atoms with Crippen LogP contribution in [0.3, 0.4) is 0 Å². The molecule has 1 saturated heterocycles. The second-order valence-corrected chi connectivity index (χ2v) is 11.4. The van der Waals surface area contributed by atoms with E-state index in [1.54, 1.807) is 121 Å². The quantitative estimate of drug-likeness (QED) is 0.0795. The summed E-state index contributed by atoms with van der Waals surface area (Å²) in [6.07, 6.45) is -7.10.